The Bertz CT molecular complexity index is 496. The van der Waals surface area contributed by atoms with Gasteiger partial charge in [-0.15, -0.1) is 0 Å². The highest BCUT2D eigenvalue weighted by Crippen LogP contribution is 2.34. The summed E-state index contributed by atoms with van der Waals surface area (Å²) in [5.41, 5.74) is 8.23. The fraction of sp³-hybridized carbons (Fsp3) is 0.733. The lowest BCUT2D eigenvalue weighted by molar-refractivity contribution is -0.130. The number of carbonyl (C=O) groups excluding carboxylic acids is 1. The van der Waals surface area contributed by atoms with E-state index in [1.54, 1.807) is 0 Å². The number of amides is 1. The summed E-state index contributed by atoms with van der Waals surface area (Å²) in [4.78, 5) is 14.3. The first-order valence-electron chi connectivity index (χ1n) is 7.32. The second-order valence-corrected chi connectivity index (χ2v) is 6.41. The van der Waals surface area contributed by atoms with E-state index in [1.807, 2.05) is 29.7 Å². The van der Waals surface area contributed by atoms with Crippen LogP contribution in [0.25, 0.3) is 0 Å². The quantitative estimate of drug-likeness (QED) is 0.897. The van der Waals surface area contributed by atoms with Crippen LogP contribution < -0.4 is 5.73 Å². The second-order valence-electron chi connectivity index (χ2n) is 6.41. The van der Waals surface area contributed by atoms with Gasteiger partial charge in [0, 0.05) is 37.7 Å². The summed E-state index contributed by atoms with van der Waals surface area (Å²) in [5.74, 6) is 0.703. The molecule has 1 amide bonds. The Kier molecular flexibility index (Phi) is 4.18. The number of nitrogens with zero attached hydrogens (tertiary/aromatic N) is 3. The first kappa shape index (κ1) is 15.0. The minimum Gasteiger partial charge on any atom is -0.342 e. The van der Waals surface area contributed by atoms with Gasteiger partial charge in [-0.25, -0.2) is 0 Å². The predicted octanol–water partition coefficient (Wildman–Crippen LogP) is 1.10. The molecule has 0 aromatic carbocycles. The van der Waals surface area contributed by atoms with Crippen LogP contribution in [0.15, 0.2) is 6.20 Å². The number of carbonyl (C=O) groups is 1. The van der Waals surface area contributed by atoms with Gasteiger partial charge in [-0.1, -0.05) is 13.8 Å². The van der Waals surface area contributed by atoms with E-state index in [2.05, 4.69) is 18.9 Å². The predicted molar refractivity (Wildman–Crippen MR) is 79.2 cm³/mol. The van der Waals surface area contributed by atoms with Crippen LogP contribution >= 0.6 is 0 Å². The molecule has 2 rings (SSSR count). The van der Waals surface area contributed by atoms with Crippen molar-refractivity contribution in [2.75, 3.05) is 19.6 Å². The van der Waals surface area contributed by atoms with E-state index in [0.717, 1.165) is 30.8 Å². The summed E-state index contributed by atoms with van der Waals surface area (Å²) in [6.45, 7) is 8.66. The van der Waals surface area contributed by atoms with Crippen molar-refractivity contribution in [3.8, 4) is 0 Å². The molecule has 5 heteroatoms. The lowest BCUT2D eigenvalue weighted by Gasteiger charge is -2.25. The maximum Gasteiger partial charge on any atom is 0.222 e. The normalized spacial score (nSPS) is 26.2. The highest BCUT2D eigenvalue weighted by molar-refractivity contribution is 5.77. The number of hydrogen-bond donors (Lipinski definition) is 1. The molecule has 2 N–H and O–H groups in total. The van der Waals surface area contributed by atoms with Gasteiger partial charge < -0.3 is 10.6 Å². The largest absolute Gasteiger partial charge is 0.342 e. The number of aromatic nitrogens is 2. The number of rotatable bonds is 4. The average Bonchev–Trinajstić information content (AvgIpc) is 2.90. The van der Waals surface area contributed by atoms with Gasteiger partial charge in [0.2, 0.25) is 5.91 Å². The molecule has 2 atom stereocenters. The fourth-order valence-electron chi connectivity index (χ4n) is 2.85. The fourth-order valence-corrected chi connectivity index (χ4v) is 2.85. The molecule has 0 saturated carbocycles. The molecule has 0 bridgehead atoms. The number of hydrogen-bond acceptors (Lipinski definition) is 3. The molecule has 0 radical (unpaired) electrons. The van der Waals surface area contributed by atoms with Crippen LogP contribution in [-0.4, -0.2) is 40.2 Å². The van der Waals surface area contributed by atoms with Gasteiger partial charge >= 0.3 is 0 Å². The molecule has 1 aromatic rings. The van der Waals surface area contributed by atoms with Crippen LogP contribution in [0, 0.1) is 18.3 Å². The molecule has 1 aliphatic rings. The maximum atomic E-state index is 12.3. The van der Waals surface area contributed by atoms with Gasteiger partial charge in [0.15, 0.2) is 0 Å². The van der Waals surface area contributed by atoms with Crippen LogP contribution in [0.5, 0.6) is 0 Å². The van der Waals surface area contributed by atoms with Crippen molar-refractivity contribution in [1.82, 2.24) is 14.7 Å². The zero-order valence-corrected chi connectivity index (χ0v) is 13.0. The Morgan fingerprint density at radius 3 is 2.80 bits per heavy atom. The van der Waals surface area contributed by atoms with Gasteiger partial charge in [0.1, 0.15) is 0 Å². The molecular formula is C15H26N4O. The molecule has 0 spiro atoms. The van der Waals surface area contributed by atoms with Crippen LogP contribution in [0.1, 0.15) is 31.5 Å². The number of nitrogens with two attached hydrogens (primary N) is 1. The van der Waals surface area contributed by atoms with Crippen LogP contribution in [-0.2, 0) is 18.3 Å². The minimum atomic E-state index is 0.0693. The summed E-state index contributed by atoms with van der Waals surface area (Å²) >= 11 is 0. The first-order valence-corrected chi connectivity index (χ1v) is 7.32. The molecule has 1 aromatic heterocycles. The molecular weight excluding hydrogens is 252 g/mol. The van der Waals surface area contributed by atoms with Crippen molar-refractivity contribution in [2.45, 2.75) is 33.6 Å². The zero-order chi connectivity index (χ0) is 14.9. The summed E-state index contributed by atoms with van der Waals surface area (Å²) in [6.07, 6.45) is 3.18. The Morgan fingerprint density at radius 2 is 2.30 bits per heavy atom. The third kappa shape index (κ3) is 2.73. The van der Waals surface area contributed by atoms with E-state index >= 15 is 0 Å². The lowest BCUT2D eigenvalue weighted by Crippen LogP contribution is -2.36. The van der Waals surface area contributed by atoms with E-state index in [4.69, 9.17) is 5.73 Å². The molecule has 112 valence electrons. The Hall–Kier alpha value is -1.36. The molecule has 20 heavy (non-hydrogen) atoms. The van der Waals surface area contributed by atoms with Crippen molar-refractivity contribution in [2.24, 2.45) is 24.1 Å². The molecule has 5 nitrogen and oxygen atoms in total. The summed E-state index contributed by atoms with van der Waals surface area (Å²) in [7, 11) is 1.93. The summed E-state index contributed by atoms with van der Waals surface area (Å²) < 4.78 is 1.85. The summed E-state index contributed by atoms with van der Waals surface area (Å²) in [5, 5.41) is 4.22. The van der Waals surface area contributed by atoms with E-state index in [1.165, 1.54) is 0 Å². The van der Waals surface area contributed by atoms with Gasteiger partial charge in [-0.2, -0.15) is 5.10 Å². The topological polar surface area (TPSA) is 64.2 Å². The van der Waals surface area contributed by atoms with E-state index in [0.29, 0.717) is 18.9 Å². The van der Waals surface area contributed by atoms with Crippen molar-refractivity contribution in [3.05, 3.63) is 17.5 Å². The average molecular weight is 278 g/mol. The highest BCUT2D eigenvalue weighted by Gasteiger charge is 2.40. The Labute approximate surface area is 121 Å². The molecule has 2 heterocycles. The highest BCUT2D eigenvalue weighted by atomic mass is 16.2. The molecule has 1 aliphatic heterocycles. The number of likely N-dealkylation sites (tertiary alicyclic amines) is 1. The molecule has 0 aliphatic carbocycles. The van der Waals surface area contributed by atoms with E-state index < -0.39 is 0 Å². The lowest BCUT2D eigenvalue weighted by atomic mass is 9.81. The third-order valence-corrected chi connectivity index (χ3v) is 5.00. The minimum absolute atomic E-state index is 0.0693. The first-order chi connectivity index (χ1) is 9.37. The van der Waals surface area contributed by atoms with Gasteiger partial charge in [0.05, 0.1) is 6.20 Å². The van der Waals surface area contributed by atoms with Crippen molar-refractivity contribution < 1.29 is 4.79 Å². The van der Waals surface area contributed by atoms with Crippen LogP contribution in [0.2, 0.25) is 0 Å². The van der Waals surface area contributed by atoms with Gasteiger partial charge in [-0.05, 0) is 31.4 Å². The van der Waals surface area contributed by atoms with Crippen LogP contribution in [0.4, 0.5) is 0 Å². The van der Waals surface area contributed by atoms with E-state index in [9.17, 15) is 4.79 Å². The maximum absolute atomic E-state index is 12.3. The zero-order valence-electron chi connectivity index (χ0n) is 13.0. The standard InChI is InChI=1S/C15H26N4O/c1-11-8-19(10-15(11,3)9-16)14(20)6-5-13-7-17-18(4)12(13)2/h7,11H,5-6,8-10,16H2,1-4H3/t11-,15-/m1/s1. The monoisotopic (exact) mass is 278 g/mol. The summed E-state index contributed by atoms with van der Waals surface area (Å²) in [6, 6.07) is 0. The Balaban J connectivity index is 1.92. The molecule has 1 saturated heterocycles. The van der Waals surface area contributed by atoms with Gasteiger partial charge in [-0.3, -0.25) is 9.48 Å². The van der Waals surface area contributed by atoms with Crippen LogP contribution in [0.3, 0.4) is 0 Å². The van der Waals surface area contributed by atoms with Gasteiger partial charge in [0.25, 0.3) is 0 Å². The molecule has 0 unspecified atom stereocenters. The van der Waals surface area contributed by atoms with Crippen molar-refractivity contribution in [1.29, 1.82) is 0 Å². The smallest absolute Gasteiger partial charge is 0.222 e. The van der Waals surface area contributed by atoms with Crippen molar-refractivity contribution >= 4 is 5.91 Å². The Morgan fingerprint density at radius 1 is 1.60 bits per heavy atom. The van der Waals surface area contributed by atoms with E-state index in [-0.39, 0.29) is 11.3 Å². The number of aryl methyl sites for hydroxylation is 2. The SMILES string of the molecule is Cc1c(CCC(=O)N2C[C@@H](C)[C@](C)(CN)C2)cnn1C. The third-order valence-electron chi connectivity index (χ3n) is 5.00. The molecule has 1 fully saturated rings. The van der Waals surface area contributed by atoms with Crippen molar-refractivity contribution in [3.63, 3.8) is 0 Å². The second kappa shape index (κ2) is 5.56.